The van der Waals surface area contributed by atoms with Crippen molar-refractivity contribution in [2.45, 2.75) is 31.5 Å². The number of rotatable bonds is 7. The molecule has 4 nitrogen and oxygen atoms in total. The Kier molecular flexibility index (Phi) is 6.26. The zero-order valence-electron chi connectivity index (χ0n) is 15.1. The van der Waals surface area contributed by atoms with Crippen molar-refractivity contribution in [2.24, 2.45) is 0 Å². The van der Waals surface area contributed by atoms with E-state index in [9.17, 15) is 5.11 Å². The fourth-order valence-electron chi connectivity index (χ4n) is 2.94. The fraction of sp³-hybridized carbons (Fsp3) is 0.238. The Morgan fingerprint density at radius 2 is 1.54 bits per heavy atom. The third kappa shape index (κ3) is 4.84. The summed E-state index contributed by atoms with van der Waals surface area (Å²) in [6.45, 7) is 4.08. The van der Waals surface area contributed by atoms with Crippen LogP contribution in [0.2, 0.25) is 0 Å². The minimum absolute atomic E-state index is 0.371. The molecular formula is C21H23N3OS. The number of hydrogen-bond donors (Lipinski definition) is 1. The molecule has 5 heteroatoms. The first-order chi connectivity index (χ1) is 12.7. The van der Waals surface area contributed by atoms with Crippen LogP contribution in [0.5, 0.6) is 5.75 Å². The van der Waals surface area contributed by atoms with Crippen molar-refractivity contribution in [1.29, 1.82) is 0 Å². The molecule has 0 spiro atoms. The quantitative estimate of drug-likeness (QED) is 0.628. The van der Waals surface area contributed by atoms with Gasteiger partial charge in [-0.25, -0.2) is 0 Å². The van der Waals surface area contributed by atoms with Gasteiger partial charge in [-0.15, -0.1) is 11.8 Å². The van der Waals surface area contributed by atoms with Gasteiger partial charge in [0.1, 0.15) is 5.75 Å². The number of nitrogens with zero attached hydrogens (tertiary/aromatic N) is 3. The lowest BCUT2D eigenvalue weighted by Crippen LogP contribution is -2.23. The highest BCUT2D eigenvalue weighted by atomic mass is 32.2. The molecule has 2 aromatic heterocycles. The molecule has 0 unspecified atom stereocenters. The summed E-state index contributed by atoms with van der Waals surface area (Å²) in [7, 11) is 0. The van der Waals surface area contributed by atoms with E-state index in [1.807, 2.05) is 61.1 Å². The monoisotopic (exact) mass is 365 g/mol. The van der Waals surface area contributed by atoms with Gasteiger partial charge in [0.05, 0.1) is 11.4 Å². The Morgan fingerprint density at radius 1 is 0.923 bits per heavy atom. The SMILES string of the molecule is CSc1cc(C)cc(CN(Cc2ccccn2)Cc2ccccn2)c1O. The average molecular weight is 366 g/mol. The number of aromatic hydroxyl groups is 1. The van der Waals surface area contributed by atoms with Gasteiger partial charge in [-0.2, -0.15) is 0 Å². The van der Waals surface area contributed by atoms with Gasteiger partial charge in [-0.05, 0) is 49.1 Å². The van der Waals surface area contributed by atoms with Crippen molar-refractivity contribution in [1.82, 2.24) is 14.9 Å². The van der Waals surface area contributed by atoms with E-state index in [1.54, 1.807) is 11.8 Å². The van der Waals surface area contributed by atoms with Crippen LogP contribution in [0.4, 0.5) is 0 Å². The predicted molar refractivity (Wildman–Crippen MR) is 106 cm³/mol. The van der Waals surface area contributed by atoms with Crippen LogP contribution in [0.3, 0.4) is 0 Å². The van der Waals surface area contributed by atoms with Crippen LogP contribution in [0.1, 0.15) is 22.5 Å². The van der Waals surface area contributed by atoms with Crippen LogP contribution >= 0.6 is 11.8 Å². The molecule has 0 aliphatic rings. The summed E-state index contributed by atoms with van der Waals surface area (Å²) >= 11 is 1.57. The van der Waals surface area contributed by atoms with E-state index in [1.165, 1.54) is 0 Å². The molecule has 26 heavy (non-hydrogen) atoms. The molecule has 1 aromatic carbocycles. The van der Waals surface area contributed by atoms with E-state index in [2.05, 4.69) is 27.9 Å². The van der Waals surface area contributed by atoms with E-state index < -0.39 is 0 Å². The lowest BCUT2D eigenvalue weighted by atomic mass is 10.1. The van der Waals surface area contributed by atoms with Gasteiger partial charge in [0.25, 0.3) is 0 Å². The normalized spacial score (nSPS) is 11.0. The summed E-state index contributed by atoms with van der Waals surface area (Å²) < 4.78 is 0. The Labute approximate surface area is 158 Å². The number of phenols is 1. The number of thioether (sulfide) groups is 1. The van der Waals surface area contributed by atoms with Gasteiger partial charge < -0.3 is 5.11 Å². The van der Waals surface area contributed by atoms with Crippen LogP contribution in [-0.4, -0.2) is 26.2 Å². The first-order valence-electron chi connectivity index (χ1n) is 8.54. The lowest BCUT2D eigenvalue weighted by molar-refractivity contribution is 0.238. The van der Waals surface area contributed by atoms with Gasteiger partial charge in [0, 0.05) is 42.5 Å². The second-order valence-electron chi connectivity index (χ2n) is 6.26. The first kappa shape index (κ1) is 18.4. The Morgan fingerprint density at radius 3 is 2.04 bits per heavy atom. The van der Waals surface area contributed by atoms with Crippen LogP contribution < -0.4 is 0 Å². The highest BCUT2D eigenvalue weighted by molar-refractivity contribution is 7.98. The van der Waals surface area contributed by atoms with Gasteiger partial charge in [-0.3, -0.25) is 14.9 Å². The van der Waals surface area contributed by atoms with Crippen molar-refractivity contribution in [3.8, 4) is 5.75 Å². The Balaban J connectivity index is 1.87. The summed E-state index contributed by atoms with van der Waals surface area (Å²) in [6.07, 6.45) is 5.60. The first-order valence-corrected chi connectivity index (χ1v) is 9.77. The van der Waals surface area contributed by atoms with E-state index in [0.29, 0.717) is 25.4 Å². The molecule has 1 N–H and O–H groups in total. The molecule has 134 valence electrons. The van der Waals surface area contributed by atoms with E-state index in [0.717, 1.165) is 27.4 Å². The molecule has 3 rings (SSSR count). The highest BCUT2D eigenvalue weighted by Gasteiger charge is 2.14. The molecule has 2 heterocycles. The maximum Gasteiger partial charge on any atom is 0.133 e. The molecule has 0 saturated carbocycles. The van der Waals surface area contributed by atoms with Crippen LogP contribution in [0.15, 0.2) is 65.8 Å². The summed E-state index contributed by atoms with van der Waals surface area (Å²) in [5.41, 5.74) is 4.08. The van der Waals surface area contributed by atoms with Crippen molar-refractivity contribution in [3.63, 3.8) is 0 Å². The van der Waals surface area contributed by atoms with Gasteiger partial charge in [-0.1, -0.05) is 18.2 Å². The standard InChI is InChI=1S/C21H23N3OS/c1-16-11-17(21(25)20(12-16)26-2)13-24(14-18-7-3-5-9-22-18)15-19-8-4-6-10-23-19/h3-12,25H,13-15H2,1-2H3. The lowest BCUT2D eigenvalue weighted by Gasteiger charge is -2.23. The van der Waals surface area contributed by atoms with Gasteiger partial charge >= 0.3 is 0 Å². The molecule has 0 radical (unpaired) electrons. The molecule has 0 amide bonds. The number of benzene rings is 1. The van der Waals surface area contributed by atoms with Crippen molar-refractivity contribution >= 4 is 11.8 Å². The highest BCUT2D eigenvalue weighted by Crippen LogP contribution is 2.32. The van der Waals surface area contributed by atoms with Crippen LogP contribution in [0.25, 0.3) is 0 Å². The minimum atomic E-state index is 0.371. The smallest absolute Gasteiger partial charge is 0.133 e. The maximum atomic E-state index is 10.6. The van der Waals surface area contributed by atoms with Crippen molar-refractivity contribution in [2.75, 3.05) is 6.26 Å². The second-order valence-corrected chi connectivity index (χ2v) is 7.11. The summed E-state index contributed by atoms with van der Waals surface area (Å²) in [6, 6.07) is 16.0. The van der Waals surface area contributed by atoms with Gasteiger partial charge in [0.15, 0.2) is 0 Å². The number of aryl methyl sites for hydroxylation is 1. The van der Waals surface area contributed by atoms with Crippen molar-refractivity contribution < 1.29 is 5.11 Å². The number of pyridine rings is 2. The third-order valence-electron chi connectivity index (χ3n) is 4.14. The molecule has 0 saturated heterocycles. The Bertz CT molecular complexity index is 799. The molecule has 0 bridgehead atoms. The second kappa shape index (κ2) is 8.83. The molecular weight excluding hydrogens is 342 g/mol. The number of hydrogen-bond acceptors (Lipinski definition) is 5. The fourth-order valence-corrected chi connectivity index (χ4v) is 3.57. The molecule has 0 aliphatic heterocycles. The van der Waals surface area contributed by atoms with Crippen LogP contribution in [-0.2, 0) is 19.6 Å². The molecule has 0 aliphatic carbocycles. The molecule has 0 fully saturated rings. The van der Waals surface area contributed by atoms with E-state index >= 15 is 0 Å². The summed E-state index contributed by atoms with van der Waals surface area (Å²) in [5, 5.41) is 10.6. The summed E-state index contributed by atoms with van der Waals surface area (Å²) in [4.78, 5) is 12.1. The third-order valence-corrected chi connectivity index (χ3v) is 4.89. The Hall–Kier alpha value is -2.37. The average Bonchev–Trinajstić information content (AvgIpc) is 2.66. The predicted octanol–water partition coefficient (Wildman–Crippen LogP) is 4.41. The number of phenolic OH excluding ortho intramolecular Hbond substituents is 1. The molecule has 3 aromatic rings. The molecule has 0 atom stereocenters. The zero-order valence-corrected chi connectivity index (χ0v) is 15.9. The maximum absolute atomic E-state index is 10.6. The van der Waals surface area contributed by atoms with E-state index in [-0.39, 0.29) is 0 Å². The van der Waals surface area contributed by atoms with Gasteiger partial charge in [0.2, 0.25) is 0 Å². The zero-order chi connectivity index (χ0) is 18.4. The van der Waals surface area contributed by atoms with Crippen molar-refractivity contribution in [3.05, 3.63) is 83.4 Å². The van der Waals surface area contributed by atoms with Crippen LogP contribution in [0, 0.1) is 6.92 Å². The minimum Gasteiger partial charge on any atom is -0.506 e. The topological polar surface area (TPSA) is 49.2 Å². The summed E-state index contributed by atoms with van der Waals surface area (Å²) in [5.74, 6) is 0.371. The van der Waals surface area contributed by atoms with E-state index in [4.69, 9.17) is 0 Å². The largest absolute Gasteiger partial charge is 0.506 e. The number of aromatic nitrogens is 2.